The number of nitrogens with one attached hydrogen (secondary N) is 3. The maximum absolute atomic E-state index is 12.0. The average molecular weight is 324 g/mol. The fourth-order valence-corrected chi connectivity index (χ4v) is 1.80. The van der Waals surface area contributed by atoms with Crippen LogP contribution in [0.3, 0.4) is 0 Å². The molecule has 1 rings (SSSR count). The predicted molar refractivity (Wildman–Crippen MR) is 83.4 cm³/mol. The number of hydrogen-bond acceptors (Lipinski definition) is 5. The number of imide groups is 1. The molecule has 1 aromatic carbocycles. The van der Waals surface area contributed by atoms with E-state index in [4.69, 9.17) is 4.74 Å². The molecule has 0 aliphatic heterocycles. The molecule has 1 unspecified atom stereocenters. The van der Waals surface area contributed by atoms with Crippen molar-refractivity contribution < 1.29 is 28.8 Å². The Morgan fingerprint density at radius 3 is 2.57 bits per heavy atom. The molecule has 2 atom stereocenters. The summed E-state index contributed by atoms with van der Waals surface area (Å²) >= 11 is 0. The summed E-state index contributed by atoms with van der Waals surface area (Å²) in [6.45, 7) is 1.68. The smallest absolute Gasteiger partial charge is 0.413 e. The van der Waals surface area contributed by atoms with Crippen molar-refractivity contribution in [1.82, 2.24) is 5.32 Å². The van der Waals surface area contributed by atoms with Crippen LogP contribution in [-0.4, -0.2) is 51.8 Å². The minimum Gasteiger partial charge on any atom is -0.497 e. The van der Waals surface area contributed by atoms with Crippen molar-refractivity contribution in [3.05, 3.63) is 24.3 Å². The van der Waals surface area contributed by atoms with Crippen molar-refractivity contribution in [2.45, 2.75) is 13.0 Å². The Kier molecular flexibility index (Phi) is 7.01. The van der Waals surface area contributed by atoms with Gasteiger partial charge in [0.15, 0.2) is 12.6 Å². The third kappa shape index (κ3) is 5.95. The summed E-state index contributed by atoms with van der Waals surface area (Å²) in [7, 11) is 4.40. The lowest BCUT2D eigenvalue weighted by Crippen LogP contribution is -3.15. The van der Waals surface area contributed by atoms with Gasteiger partial charge in [-0.15, -0.1) is 0 Å². The molecular weight excluding hydrogens is 302 g/mol. The van der Waals surface area contributed by atoms with Crippen LogP contribution in [0.25, 0.3) is 0 Å². The Morgan fingerprint density at radius 1 is 1.26 bits per heavy atom. The van der Waals surface area contributed by atoms with E-state index in [2.05, 4.69) is 15.4 Å². The highest BCUT2D eigenvalue weighted by Crippen LogP contribution is 2.16. The van der Waals surface area contributed by atoms with Gasteiger partial charge in [0, 0.05) is 11.8 Å². The van der Waals surface area contributed by atoms with Crippen LogP contribution in [0, 0.1) is 0 Å². The van der Waals surface area contributed by atoms with Gasteiger partial charge in [-0.2, -0.15) is 0 Å². The molecule has 0 saturated heterocycles. The maximum Gasteiger partial charge on any atom is 0.413 e. The lowest BCUT2D eigenvalue weighted by Gasteiger charge is -2.20. The normalized spacial score (nSPS) is 12.7. The molecule has 0 aliphatic carbocycles. The molecule has 0 saturated carbocycles. The quantitative estimate of drug-likeness (QED) is 0.650. The van der Waals surface area contributed by atoms with Crippen molar-refractivity contribution >= 4 is 23.6 Å². The number of methoxy groups -OCH3 is 2. The number of amides is 3. The van der Waals surface area contributed by atoms with Crippen molar-refractivity contribution in [1.29, 1.82) is 0 Å². The molecule has 0 aromatic heterocycles. The molecule has 8 heteroatoms. The van der Waals surface area contributed by atoms with Crippen molar-refractivity contribution in [3.63, 3.8) is 0 Å². The summed E-state index contributed by atoms with van der Waals surface area (Å²) in [5.41, 5.74) is 0.605. The van der Waals surface area contributed by atoms with E-state index < -0.39 is 18.0 Å². The molecule has 0 aliphatic rings. The SMILES string of the molecule is COC(=O)NC(=O)[C@H](C)[NH+](C)CC(=O)Nc1cccc(OC)c1. The number of rotatable bonds is 6. The summed E-state index contributed by atoms with van der Waals surface area (Å²) < 4.78 is 9.44. The zero-order valence-corrected chi connectivity index (χ0v) is 13.6. The number of alkyl carbamates (subject to hydrolysis) is 1. The Morgan fingerprint density at radius 2 is 1.96 bits per heavy atom. The molecule has 126 valence electrons. The zero-order chi connectivity index (χ0) is 17.4. The van der Waals surface area contributed by atoms with E-state index in [-0.39, 0.29) is 12.5 Å². The summed E-state index contributed by atoms with van der Waals surface area (Å²) in [4.78, 5) is 35.5. The molecule has 0 bridgehead atoms. The number of hydrogen-bond donors (Lipinski definition) is 3. The van der Waals surface area contributed by atoms with Gasteiger partial charge >= 0.3 is 6.09 Å². The first-order chi connectivity index (χ1) is 10.9. The van der Waals surface area contributed by atoms with E-state index in [1.165, 1.54) is 7.11 Å². The van der Waals surface area contributed by atoms with Gasteiger partial charge in [0.1, 0.15) is 5.75 Å². The average Bonchev–Trinajstić information content (AvgIpc) is 2.53. The summed E-state index contributed by atoms with van der Waals surface area (Å²) in [6, 6.07) is 6.37. The Labute approximate surface area is 134 Å². The van der Waals surface area contributed by atoms with Crippen molar-refractivity contribution in [3.8, 4) is 5.75 Å². The zero-order valence-electron chi connectivity index (χ0n) is 13.6. The van der Waals surface area contributed by atoms with Crippen LogP contribution in [0.4, 0.5) is 10.5 Å². The van der Waals surface area contributed by atoms with Crippen molar-refractivity contribution in [2.24, 2.45) is 0 Å². The van der Waals surface area contributed by atoms with Gasteiger partial charge in [-0.05, 0) is 19.1 Å². The second kappa shape index (κ2) is 8.74. The van der Waals surface area contributed by atoms with E-state index >= 15 is 0 Å². The maximum atomic E-state index is 12.0. The Bertz CT molecular complexity index is 576. The molecular formula is C15H22N3O5+. The van der Waals surface area contributed by atoms with E-state index in [0.29, 0.717) is 16.3 Å². The number of carbonyl (C=O) groups is 3. The van der Waals surface area contributed by atoms with Gasteiger partial charge in [-0.25, -0.2) is 4.79 Å². The molecule has 0 radical (unpaired) electrons. The van der Waals surface area contributed by atoms with Crippen LogP contribution in [0.2, 0.25) is 0 Å². The topological polar surface area (TPSA) is 98.2 Å². The largest absolute Gasteiger partial charge is 0.497 e. The van der Waals surface area contributed by atoms with E-state index in [9.17, 15) is 14.4 Å². The molecule has 8 nitrogen and oxygen atoms in total. The third-order valence-electron chi connectivity index (χ3n) is 3.34. The van der Waals surface area contributed by atoms with E-state index in [1.54, 1.807) is 45.3 Å². The fraction of sp³-hybridized carbons (Fsp3) is 0.400. The van der Waals surface area contributed by atoms with Crippen molar-refractivity contribution in [2.75, 3.05) is 33.1 Å². The second-order valence-electron chi connectivity index (χ2n) is 5.01. The first-order valence-corrected chi connectivity index (χ1v) is 7.02. The molecule has 1 aromatic rings. The first-order valence-electron chi connectivity index (χ1n) is 7.02. The van der Waals surface area contributed by atoms with Gasteiger partial charge in [-0.3, -0.25) is 14.9 Å². The highest BCUT2D eigenvalue weighted by Gasteiger charge is 2.25. The van der Waals surface area contributed by atoms with Crippen LogP contribution in [0.5, 0.6) is 5.75 Å². The van der Waals surface area contributed by atoms with Crippen LogP contribution < -0.4 is 20.3 Å². The van der Waals surface area contributed by atoms with Gasteiger partial charge in [-0.1, -0.05) is 6.07 Å². The third-order valence-corrected chi connectivity index (χ3v) is 3.34. The van der Waals surface area contributed by atoms with Crippen LogP contribution >= 0.6 is 0 Å². The number of benzene rings is 1. The molecule has 23 heavy (non-hydrogen) atoms. The number of anilines is 1. The lowest BCUT2D eigenvalue weighted by molar-refractivity contribution is -0.885. The number of carbonyl (C=O) groups excluding carboxylic acids is 3. The molecule has 3 N–H and O–H groups in total. The van der Waals surface area contributed by atoms with Gasteiger partial charge < -0.3 is 19.7 Å². The predicted octanol–water partition coefficient (Wildman–Crippen LogP) is -0.580. The second-order valence-corrected chi connectivity index (χ2v) is 5.01. The monoisotopic (exact) mass is 324 g/mol. The number of ether oxygens (including phenoxy) is 2. The molecule has 0 fully saturated rings. The minimum atomic E-state index is -0.824. The molecule has 0 heterocycles. The molecule has 0 spiro atoms. The standard InChI is InChI=1S/C15H21N3O5/c1-10(14(20)17-15(21)23-4)18(2)9-13(19)16-11-6-5-7-12(8-11)22-3/h5-8,10H,9H2,1-4H3,(H,16,19)(H,17,20,21)/p+1/t10-/m0/s1. The lowest BCUT2D eigenvalue weighted by atomic mass is 10.2. The first kappa shape index (κ1) is 18.4. The number of quaternary nitrogens is 1. The molecule has 3 amide bonds. The van der Waals surface area contributed by atoms with Crippen LogP contribution in [0.15, 0.2) is 24.3 Å². The summed E-state index contributed by atoms with van der Waals surface area (Å²) in [5.74, 6) is -0.133. The highest BCUT2D eigenvalue weighted by molar-refractivity contribution is 5.94. The van der Waals surface area contributed by atoms with E-state index in [1.807, 2.05) is 0 Å². The van der Waals surface area contributed by atoms with Crippen LogP contribution in [0.1, 0.15) is 6.92 Å². The van der Waals surface area contributed by atoms with Crippen LogP contribution in [-0.2, 0) is 14.3 Å². The van der Waals surface area contributed by atoms with E-state index in [0.717, 1.165) is 0 Å². The highest BCUT2D eigenvalue weighted by atomic mass is 16.5. The summed E-state index contributed by atoms with van der Waals surface area (Å²) in [5, 5.41) is 4.81. The van der Waals surface area contributed by atoms with Gasteiger partial charge in [0.05, 0.1) is 21.3 Å². The van der Waals surface area contributed by atoms with Gasteiger partial charge in [0.25, 0.3) is 11.8 Å². The Balaban J connectivity index is 2.55. The van der Waals surface area contributed by atoms with Gasteiger partial charge in [0.2, 0.25) is 0 Å². The number of likely N-dealkylation sites (N-methyl/N-ethyl adjacent to an activating group) is 1. The Hall–Kier alpha value is -2.61. The summed E-state index contributed by atoms with van der Waals surface area (Å²) in [6.07, 6.45) is -0.824. The fourth-order valence-electron chi connectivity index (χ4n) is 1.80. The minimum absolute atomic E-state index is 0.0625.